The lowest BCUT2D eigenvalue weighted by molar-refractivity contribution is 0.212. The van der Waals surface area contributed by atoms with Crippen molar-refractivity contribution >= 4 is 0 Å². The van der Waals surface area contributed by atoms with Crippen LogP contribution in [0.2, 0.25) is 0 Å². The Labute approximate surface area is 76.7 Å². The van der Waals surface area contributed by atoms with Crippen LogP contribution >= 0.6 is 0 Å². The van der Waals surface area contributed by atoms with E-state index in [9.17, 15) is 5.11 Å². The van der Waals surface area contributed by atoms with E-state index in [0.29, 0.717) is 6.61 Å². The van der Waals surface area contributed by atoms with Gasteiger partial charge in [-0.3, -0.25) is 4.98 Å². The maximum absolute atomic E-state index is 9.83. The van der Waals surface area contributed by atoms with Gasteiger partial charge < -0.3 is 9.84 Å². The van der Waals surface area contributed by atoms with Gasteiger partial charge in [0.05, 0.1) is 12.9 Å². The number of aliphatic hydroxyl groups excluding tert-OH is 1. The summed E-state index contributed by atoms with van der Waals surface area (Å²) >= 11 is 0. The van der Waals surface area contributed by atoms with E-state index in [1.807, 2.05) is 12.1 Å². The van der Waals surface area contributed by atoms with Gasteiger partial charge in [-0.1, -0.05) is 6.07 Å². The van der Waals surface area contributed by atoms with Gasteiger partial charge in [-0.15, -0.1) is 0 Å². The lowest BCUT2D eigenvalue weighted by Gasteiger charge is -2.09. The van der Waals surface area contributed by atoms with Crippen molar-refractivity contribution in [3.8, 4) is 0 Å². The molecule has 1 aliphatic heterocycles. The molecule has 0 saturated heterocycles. The van der Waals surface area contributed by atoms with Crippen LogP contribution in [0.5, 0.6) is 0 Å². The van der Waals surface area contributed by atoms with Crippen molar-refractivity contribution in [1.82, 2.24) is 4.98 Å². The van der Waals surface area contributed by atoms with Gasteiger partial charge in [0.15, 0.2) is 0 Å². The molecule has 0 amide bonds. The summed E-state index contributed by atoms with van der Waals surface area (Å²) in [4.78, 5) is 3.95. The lowest BCUT2D eigenvalue weighted by atomic mass is 10.0. The van der Waals surface area contributed by atoms with Gasteiger partial charge in [0.2, 0.25) is 0 Å². The Bertz CT molecular complexity index is 308. The zero-order chi connectivity index (χ0) is 9.10. The van der Waals surface area contributed by atoms with Crippen LogP contribution in [-0.2, 0) is 4.74 Å². The molecule has 0 bridgehead atoms. The summed E-state index contributed by atoms with van der Waals surface area (Å²) in [5.74, 6) is 0. The van der Waals surface area contributed by atoms with Crippen molar-refractivity contribution in [2.75, 3.05) is 6.61 Å². The van der Waals surface area contributed by atoms with E-state index in [2.05, 4.69) is 4.98 Å². The molecular weight excluding hydrogens is 166 g/mol. The van der Waals surface area contributed by atoms with E-state index in [0.717, 1.165) is 17.6 Å². The lowest BCUT2D eigenvalue weighted by Crippen LogP contribution is -2.00. The number of hydrogen-bond donors (Lipinski definition) is 1. The SMILES string of the molecule is OC(C1=COCC1)c1cccnc1. The molecule has 1 aliphatic rings. The fourth-order valence-electron chi connectivity index (χ4n) is 1.35. The average Bonchev–Trinajstić information content (AvgIpc) is 2.71. The maximum Gasteiger partial charge on any atom is 0.105 e. The molecule has 1 N–H and O–H groups in total. The Morgan fingerprint density at radius 3 is 3.08 bits per heavy atom. The highest BCUT2D eigenvalue weighted by Gasteiger charge is 2.16. The molecule has 2 rings (SSSR count). The molecule has 0 spiro atoms. The van der Waals surface area contributed by atoms with Crippen LogP contribution in [0.25, 0.3) is 0 Å². The van der Waals surface area contributed by atoms with Gasteiger partial charge in [0.25, 0.3) is 0 Å². The average molecular weight is 177 g/mol. The predicted molar refractivity (Wildman–Crippen MR) is 47.8 cm³/mol. The number of aliphatic hydroxyl groups is 1. The second-order valence-corrected chi connectivity index (χ2v) is 3.00. The molecule has 3 nitrogen and oxygen atoms in total. The van der Waals surface area contributed by atoms with Crippen molar-refractivity contribution in [3.05, 3.63) is 41.9 Å². The summed E-state index contributed by atoms with van der Waals surface area (Å²) in [5, 5.41) is 9.83. The first-order chi connectivity index (χ1) is 6.38. The Balaban J connectivity index is 2.17. The summed E-state index contributed by atoms with van der Waals surface area (Å²) in [6, 6.07) is 3.67. The van der Waals surface area contributed by atoms with Crippen LogP contribution in [0.15, 0.2) is 36.4 Å². The number of nitrogens with zero attached hydrogens (tertiary/aromatic N) is 1. The van der Waals surface area contributed by atoms with Crippen LogP contribution in [0.3, 0.4) is 0 Å². The number of rotatable bonds is 2. The van der Waals surface area contributed by atoms with Gasteiger partial charge >= 0.3 is 0 Å². The number of hydrogen-bond acceptors (Lipinski definition) is 3. The van der Waals surface area contributed by atoms with E-state index < -0.39 is 6.10 Å². The quantitative estimate of drug-likeness (QED) is 0.742. The van der Waals surface area contributed by atoms with E-state index in [1.54, 1.807) is 18.7 Å². The van der Waals surface area contributed by atoms with Crippen molar-refractivity contribution in [3.63, 3.8) is 0 Å². The van der Waals surface area contributed by atoms with Crippen molar-refractivity contribution in [1.29, 1.82) is 0 Å². The van der Waals surface area contributed by atoms with Crippen LogP contribution in [0.4, 0.5) is 0 Å². The predicted octanol–water partition coefficient (Wildman–Crippen LogP) is 1.42. The Kier molecular flexibility index (Phi) is 2.27. The molecule has 1 atom stereocenters. The number of ether oxygens (including phenoxy) is 1. The summed E-state index contributed by atoms with van der Waals surface area (Å²) < 4.78 is 5.06. The minimum absolute atomic E-state index is 0.559. The number of aromatic nitrogens is 1. The summed E-state index contributed by atoms with van der Waals surface area (Å²) in [5.41, 5.74) is 1.74. The third-order valence-electron chi connectivity index (χ3n) is 2.09. The van der Waals surface area contributed by atoms with Gasteiger partial charge in [0.1, 0.15) is 6.10 Å². The van der Waals surface area contributed by atoms with Crippen molar-refractivity contribution in [2.24, 2.45) is 0 Å². The van der Waals surface area contributed by atoms with Crippen LogP contribution in [-0.4, -0.2) is 16.7 Å². The Morgan fingerprint density at radius 1 is 1.54 bits per heavy atom. The van der Waals surface area contributed by atoms with E-state index in [4.69, 9.17) is 4.74 Å². The first kappa shape index (κ1) is 8.26. The minimum atomic E-state index is -0.559. The molecule has 13 heavy (non-hydrogen) atoms. The zero-order valence-electron chi connectivity index (χ0n) is 7.18. The second kappa shape index (κ2) is 3.58. The van der Waals surface area contributed by atoms with E-state index >= 15 is 0 Å². The molecule has 0 fully saturated rings. The molecule has 1 aromatic rings. The molecule has 0 radical (unpaired) electrons. The molecule has 0 aromatic carbocycles. The zero-order valence-corrected chi connectivity index (χ0v) is 7.18. The monoisotopic (exact) mass is 177 g/mol. The van der Waals surface area contributed by atoms with Gasteiger partial charge in [0, 0.05) is 30.0 Å². The summed E-state index contributed by atoms with van der Waals surface area (Å²) in [6.45, 7) is 0.673. The first-order valence-corrected chi connectivity index (χ1v) is 4.26. The molecule has 0 aliphatic carbocycles. The van der Waals surface area contributed by atoms with E-state index in [1.165, 1.54) is 0 Å². The van der Waals surface area contributed by atoms with Crippen LogP contribution < -0.4 is 0 Å². The topological polar surface area (TPSA) is 42.4 Å². The normalized spacial score (nSPS) is 17.8. The molecule has 2 heterocycles. The maximum atomic E-state index is 9.83. The van der Waals surface area contributed by atoms with Crippen LogP contribution in [0.1, 0.15) is 18.1 Å². The van der Waals surface area contributed by atoms with E-state index in [-0.39, 0.29) is 0 Å². The largest absolute Gasteiger partial charge is 0.501 e. The van der Waals surface area contributed by atoms with Gasteiger partial charge in [-0.05, 0) is 6.07 Å². The third kappa shape index (κ3) is 1.70. The fraction of sp³-hybridized carbons (Fsp3) is 0.300. The third-order valence-corrected chi connectivity index (χ3v) is 2.09. The van der Waals surface area contributed by atoms with Gasteiger partial charge in [-0.25, -0.2) is 0 Å². The molecule has 3 heteroatoms. The highest BCUT2D eigenvalue weighted by atomic mass is 16.5. The molecule has 0 saturated carbocycles. The Hall–Kier alpha value is -1.35. The Morgan fingerprint density at radius 2 is 2.46 bits per heavy atom. The van der Waals surface area contributed by atoms with Crippen LogP contribution in [0, 0.1) is 0 Å². The minimum Gasteiger partial charge on any atom is -0.501 e. The molecular formula is C10H11NO2. The highest BCUT2D eigenvalue weighted by molar-refractivity contribution is 5.23. The molecule has 1 aromatic heterocycles. The first-order valence-electron chi connectivity index (χ1n) is 4.26. The van der Waals surface area contributed by atoms with Crippen molar-refractivity contribution in [2.45, 2.75) is 12.5 Å². The standard InChI is InChI=1S/C10H11NO2/c12-10(9-3-5-13-7-9)8-2-1-4-11-6-8/h1-2,4,6-7,10,12H,3,5H2. The highest BCUT2D eigenvalue weighted by Crippen LogP contribution is 2.26. The van der Waals surface area contributed by atoms with Crippen molar-refractivity contribution < 1.29 is 9.84 Å². The summed E-state index contributed by atoms with van der Waals surface area (Å²) in [7, 11) is 0. The smallest absolute Gasteiger partial charge is 0.105 e. The fourth-order valence-corrected chi connectivity index (χ4v) is 1.35. The summed E-state index contributed by atoms with van der Waals surface area (Å²) in [6.07, 6.45) is 5.24. The number of pyridine rings is 1. The molecule has 1 unspecified atom stereocenters. The van der Waals surface area contributed by atoms with Gasteiger partial charge in [-0.2, -0.15) is 0 Å². The molecule has 68 valence electrons. The second-order valence-electron chi connectivity index (χ2n) is 3.00.